The summed E-state index contributed by atoms with van der Waals surface area (Å²) in [6.45, 7) is 3.35. The zero-order valence-corrected chi connectivity index (χ0v) is 33.5. The lowest BCUT2D eigenvalue weighted by atomic mass is 10.0. The van der Waals surface area contributed by atoms with Gasteiger partial charge in [-0.05, 0) is 56.0 Å². The average molecular weight is 811 g/mol. The van der Waals surface area contributed by atoms with Crippen molar-refractivity contribution < 1.29 is 38.2 Å². The molecule has 1 aliphatic carbocycles. The highest BCUT2D eigenvalue weighted by atomic mass is 16.5. The minimum atomic E-state index is -0.743. The fourth-order valence-electron chi connectivity index (χ4n) is 8.18. The number of aromatic nitrogens is 2. The lowest BCUT2D eigenvalue weighted by Crippen LogP contribution is -2.55. The number of likely N-dealkylation sites (N-methyl/N-ethyl adjacent to an activating group) is 1. The largest absolute Gasteiger partial charge is 0.495 e. The summed E-state index contributed by atoms with van der Waals surface area (Å²) in [5.74, 6) is -0.230. The standard InChI is InChI=1S/C41H50N10O8/c1-4-30-40(57)49(2)32-21-44-41(48-36(32)51(30)25-8-5-6-9-25)46-29-13-12-24(20-33(29)58-3)37(54)43-17-19-59-18-16-42-22-35(53)45-28-11-7-10-26-27(28)23-50(39(26)56)31-14-15-34(52)47-38(31)55/h7,10-13,20-21,25,30-31,42H,4-6,8-9,14-19,22-23H2,1-3H3,(H,43,54)(H,45,53)(H,44,46,48)(H,47,52,55)/t30-,31?/m1/s1. The smallest absolute Gasteiger partial charge is 0.255 e. The van der Waals surface area contributed by atoms with E-state index in [9.17, 15) is 28.8 Å². The SMILES string of the molecule is CC[C@@H]1C(=O)N(C)c2cnc(Nc3ccc(C(=O)NCCOCCNCC(=O)Nc4cccc5c4CN(C4CCC(=O)NC4=O)C5=O)cc3OC)nc2N1C1CCCC1. The first-order valence-electron chi connectivity index (χ1n) is 20.1. The van der Waals surface area contributed by atoms with Crippen molar-refractivity contribution in [3.8, 4) is 5.75 Å². The Morgan fingerprint density at radius 3 is 2.56 bits per heavy atom. The van der Waals surface area contributed by atoms with E-state index in [4.69, 9.17) is 14.5 Å². The number of ether oxygens (including phenoxy) is 2. The molecular formula is C41H50N10O8. The molecule has 2 aromatic carbocycles. The molecule has 0 radical (unpaired) electrons. The number of carbonyl (C=O) groups excluding carboxylic acids is 6. The maximum Gasteiger partial charge on any atom is 0.255 e. The van der Waals surface area contributed by atoms with Crippen molar-refractivity contribution in [2.24, 2.45) is 0 Å². The summed E-state index contributed by atoms with van der Waals surface area (Å²) in [7, 11) is 3.28. The Morgan fingerprint density at radius 1 is 1.00 bits per heavy atom. The van der Waals surface area contributed by atoms with E-state index in [-0.39, 0.29) is 80.7 Å². The van der Waals surface area contributed by atoms with Gasteiger partial charge in [-0.1, -0.05) is 25.8 Å². The molecule has 18 nitrogen and oxygen atoms in total. The van der Waals surface area contributed by atoms with Crippen LogP contribution in [0.1, 0.15) is 78.1 Å². The molecule has 1 saturated heterocycles. The highest BCUT2D eigenvalue weighted by Gasteiger charge is 2.42. The molecule has 6 amide bonds. The maximum absolute atomic E-state index is 13.2. The van der Waals surface area contributed by atoms with E-state index in [1.165, 1.54) is 12.0 Å². The fourth-order valence-corrected chi connectivity index (χ4v) is 8.18. The highest BCUT2D eigenvalue weighted by molar-refractivity contribution is 6.07. The van der Waals surface area contributed by atoms with E-state index in [1.807, 2.05) is 6.92 Å². The van der Waals surface area contributed by atoms with Crippen molar-refractivity contribution >= 4 is 64.3 Å². The van der Waals surface area contributed by atoms with Gasteiger partial charge < -0.3 is 45.4 Å². The maximum atomic E-state index is 13.2. The molecule has 4 heterocycles. The topological polar surface area (TPSA) is 217 Å². The van der Waals surface area contributed by atoms with Crippen LogP contribution in [0.25, 0.3) is 0 Å². The molecular weight excluding hydrogens is 761 g/mol. The van der Waals surface area contributed by atoms with Crippen LogP contribution in [0.2, 0.25) is 0 Å². The monoisotopic (exact) mass is 810 g/mol. The van der Waals surface area contributed by atoms with Crippen LogP contribution in [-0.4, -0.2) is 115 Å². The van der Waals surface area contributed by atoms with E-state index < -0.39 is 11.9 Å². The van der Waals surface area contributed by atoms with Crippen molar-refractivity contribution in [1.82, 2.24) is 30.8 Å². The minimum absolute atomic E-state index is 0.00354. The zero-order chi connectivity index (χ0) is 41.6. The molecule has 3 aromatic rings. The lowest BCUT2D eigenvalue weighted by molar-refractivity contribution is -0.137. The molecule has 4 aliphatic rings. The lowest BCUT2D eigenvalue weighted by Gasteiger charge is -2.43. The van der Waals surface area contributed by atoms with Gasteiger partial charge in [-0.2, -0.15) is 4.98 Å². The molecule has 1 unspecified atom stereocenters. The van der Waals surface area contributed by atoms with Gasteiger partial charge in [-0.15, -0.1) is 0 Å². The van der Waals surface area contributed by atoms with Crippen LogP contribution in [0.15, 0.2) is 42.6 Å². The fraction of sp³-hybridized carbons (Fsp3) is 0.463. The number of methoxy groups -OCH3 is 1. The molecule has 0 spiro atoms. The number of carbonyl (C=O) groups is 6. The number of hydrogen-bond donors (Lipinski definition) is 5. The first-order chi connectivity index (χ1) is 28.6. The van der Waals surface area contributed by atoms with Crippen LogP contribution in [0.5, 0.6) is 5.75 Å². The molecule has 18 heteroatoms. The molecule has 0 bridgehead atoms. The molecule has 3 aliphatic heterocycles. The van der Waals surface area contributed by atoms with Crippen LogP contribution in [0.3, 0.4) is 0 Å². The number of fused-ring (bicyclic) bond motifs is 2. The number of nitrogens with zero attached hydrogens (tertiary/aromatic N) is 5. The summed E-state index contributed by atoms with van der Waals surface area (Å²) < 4.78 is 11.3. The van der Waals surface area contributed by atoms with Gasteiger partial charge in [0.2, 0.25) is 29.6 Å². The number of benzene rings is 2. The predicted molar refractivity (Wildman–Crippen MR) is 218 cm³/mol. The number of amides is 6. The van der Waals surface area contributed by atoms with Crippen LogP contribution in [-0.2, 0) is 30.5 Å². The Bertz CT molecular complexity index is 2120. The van der Waals surface area contributed by atoms with Gasteiger partial charge in [0.05, 0.1) is 38.8 Å². The van der Waals surface area contributed by atoms with E-state index in [0.29, 0.717) is 65.0 Å². The summed E-state index contributed by atoms with van der Waals surface area (Å²) in [6.07, 6.45) is 7.04. The Balaban J connectivity index is 0.839. The van der Waals surface area contributed by atoms with Gasteiger partial charge in [0, 0.05) is 61.5 Å². The second kappa shape index (κ2) is 18.2. The summed E-state index contributed by atoms with van der Waals surface area (Å²) in [5.41, 5.74) is 3.16. The molecule has 1 aromatic heterocycles. The van der Waals surface area contributed by atoms with Crippen LogP contribution < -0.4 is 41.1 Å². The Morgan fingerprint density at radius 2 is 1.80 bits per heavy atom. The van der Waals surface area contributed by atoms with Gasteiger partial charge >= 0.3 is 0 Å². The van der Waals surface area contributed by atoms with Crippen molar-refractivity contribution in [3.63, 3.8) is 0 Å². The van der Waals surface area contributed by atoms with E-state index >= 15 is 0 Å². The molecule has 1 saturated carbocycles. The number of hydrogen-bond acceptors (Lipinski definition) is 13. The summed E-state index contributed by atoms with van der Waals surface area (Å²) in [4.78, 5) is 90.6. The minimum Gasteiger partial charge on any atom is -0.495 e. The Kier molecular flexibility index (Phi) is 12.7. The third-order valence-electron chi connectivity index (χ3n) is 11.2. The van der Waals surface area contributed by atoms with Crippen LogP contribution in [0, 0.1) is 0 Å². The summed E-state index contributed by atoms with van der Waals surface area (Å²) >= 11 is 0. The Hall–Kier alpha value is -6.14. The van der Waals surface area contributed by atoms with Gasteiger partial charge in [0.1, 0.15) is 23.5 Å². The second-order valence-corrected chi connectivity index (χ2v) is 14.9. The van der Waals surface area contributed by atoms with E-state index in [0.717, 1.165) is 31.5 Å². The van der Waals surface area contributed by atoms with Crippen LogP contribution in [0.4, 0.5) is 28.8 Å². The van der Waals surface area contributed by atoms with Crippen molar-refractivity contribution in [3.05, 3.63) is 59.3 Å². The molecule has 2 atom stereocenters. The third-order valence-corrected chi connectivity index (χ3v) is 11.2. The highest BCUT2D eigenvalue weighted by Crippen LogP contribution is 2.40. The molecule has 7 rings (SSSR count). The van der Waals surface area contributed by atoms with Gasteiger partial charge in [0.15, 0.2) is 5.82 Å². The molecule has 5 N–H and O–H groups in total. The van der Waals surface area contributed by atoms with Crippen molar-refractivity contribution in [2.45, 2.75) is 76.5 Å². The number of imide groups is 1. The van der Waals surface area contributed by atoms with Gasteiger partial charge in [-0.3, -0.25) is 34.1 Å². The first-order valence-corrected chi connectivity index (χ1v) is 20.1. The van der Waals surface area contributed by atoms with Gasteiger partial charge in [-0.25, -0.2) is 4.98 Å². The van der Waals surface area contributed by atoms with Crippen molar-refractivity contribution in [2.75, 3.05) is 67.4 Å². The normalized spacial score (nSPS) is 19.1. The summed E-state index contributed by atoms with van der Waals surface area (Å²) in [5, 5.41) is 14.2. The molecule has 312 valence electrons. The molecule has 2 fully saturated rings. The average Bonchev–Trinajstić information content (AvgIpc) is 3.89. The molecule has 59 heavy (non-hydrogen) atoms. The summed E-state index contributed by atoms with van der Waals surface area (Å²) in [6, 6.07) is 9.29. The van der Waals surface area contributed by atoms with E-state index in [1.54, 1.807) is 54.5 Å². The number of anilines is 5. The number of nitrogens with one attached hydrogen (secondary N) is 5. The first kappa shape index (κ1) is 41.0. The van der Waals surface area contributed by atoms with Gasteiger partial charge in [0.25, 0.3) is 11.8 Å². The quantitative estimate of drug-likeness (QED) is 0.104. The third kappa shape index (κ3) is 8.83. The van der Waals surface area contributed by atoms with Crippen molar-refractivity contribution in [1.29, 1.82) is 0 Å². The second-order valence-electron chi connectivity index (χ2n) is 14.9. The van der Waals surface area contributed by atoms with E-state index in [2.05, 4.69) is 36.5 Å². The zero-order valence-electron chi connectivity index (χ0n) is 33.5. The van der Waals surface area contributed by atoms with Crippen LogP contribution >= 0.6 is 0 Å². The number of piperidine rings is 1. The number of rotatable bonds is 16. The predicted octanol–water partition coefficient (Wildman–Crippen LogP) is 2.47. The Labute approximate surface area is 341 Å².